The van der Waals surface area contributed by atoms with E-state index in [9.17, 15) is 4.79 Å². The number of methoxy groups -OCH3 is 1. The number of hydrogen-bond acceptors (Lipinski definition) is 3. The Hall–Kier alpha value is -0.900. The van der Waals surface area contributed by atoms with Crippen LogP contribution in [-0.4, -0.2) is 18.0 Å². The highest BCUT2D eigenvalue weighted by atomic mass is 79.9. The summed E-state index contributed by atoms with van der Waals surface area (Å²) in [7, 11) is -2.69. The molecule has 1 aromatic rings. The van der Waals surface area contributed by atoms with Crippen LogP contribution in [0.25, 0.3) is 0 Å². The molecule has 0 aliphatic carbocycles. The summed E-state index contributed by atoms with van der Waals surface area (Å²) in [5.74, 6) is -0.819. The number of carbonyl (C=O) groups excluding carboxylic acids is 1. The minimum Gasteiger partial charge on any atom is -0.469 e. The molecule has 0 radical (unpaired) electrons. The molecule has 4 heteroatoms. The second-order valence-electron chi connectivity index (χ2n) is 2.12. The average Bonchev–Trinajstić information content (AvgIpc) is 1.99. The number of rotatable bonds is 2. The van der Waals surface area contributed by atoms with E-state index in [-0.39, 0.29) is 6.42 Å². The van der Waals surface area contributed by atoms with Crippen molar-refractivity contribution in [1.82, 2.24) is 4.98 Å². The van der Waals surface area contributed by atoms with Gasteiger partial charge in [0.15, 0.2) is 0 Å². The standard InChI is InChI=1S/C8H8BrNO2/c1-12-8(11)5-7-4-6(9)2-3-10-7/h2-4H,5H2,1H3/i1D3. The molecule has 1 rings (SSSR count). The van der Waals surface area contributed by atoms with E-state index in [1.807, 2.05) is 0 Å². The van der Waals surface area contributed by atoms with E-state index in [0.717, 1.165) is 4.47 Å². The van der Waals surface area contributed by atoms with E-state index in [1.54, 1.807) is 12.1 Å². The van der Waals surface area contributed by atoms with Gasteiger partial charge in [0.05, 0.1) is 23.3 Å². The molecule has 1 aromatic heterocycles. The Balaban J connectivity index is 2.59. The first-order valence-corrected chi connectivity index (χ1v) is 3.98. The van der Waals surface area contributed by atoms with Crippen LogP contribution in [0.1, 0.15) is 9.81 Å². The molecule has 0 atom stereocenters. The third kappa shape index (κ3) is 2.62. The zero-order valence-electron chi connectivity index (χ0n) is 9.08. The summed E-state index contributed by atoms with van der Waals surface area (Å²) in [5, 5.41) is 0. The van der Waals surface area contributed by atoms with Crippen LogP contribution in [0.5, 0.6) is 0 Å². The number of aromatic nitrogens is 1. The van der Waals surface area contributed by atoms with Crippen LogP contribution in [0.3, 0.4) is 0 Å². The first-order valence-electron chi connectivity index (χ1n) is 4.69. The smallest absolute Gasteiger partial charge is 0.311 e. The predicted molar refractivity (Wildman–Crippen MR) is 47.7 cm³/mol. The van der Waals surface area contributed by atoms with Gasteiger partial charge in [-0.2, -0.15) is 0 Å². The molecule has 0 aliphatic rings. The highest BCUT2D eigenvalue weighted by Gasteiger charge is 2.03. The number of carbonyl (C=O) groups is 1. The Morgan fingerprint density at radius 3 is 3.42 bits per heavy atom. The van der Waals surface area contributed by atoms with Gasteiger partial charge in [0.25, 0.3) is 0 Å². The van der Waals surface area contributed by atoms with Crippen LogP contribution in [-0.2, 0) is 16.0 Å². The third-order valence-corrected chi connectivity index (χ3v) is 1.71. The Labute approximate surface area is 83.1 Å². The van der Waals surface area contributed by atoms with E-state index in [4.69, 9.17) is 4.11 Å². The Bertz CT molecular complexity index is 367. The predicted octanol–water partition coefficient (Wildman–Crippen LogP) is 1.56. The second kappa shape index (κ2) is 4.21. The minimum atomic E-state index is -2.69. The number of nitrogens with zero attached hydrogens (tertiary/aromatic N) is 1. The van der Waals surface area contributed by atoms with Gasteiger partial charge in [-0.25, -0.2) is 0 Å². The lowest BCUT2D eigenvalue weighted by atomic mass is 10.3. The van der Waals surface area contributed by atoms with Crippen molar-refractivity contribution in [3.8, 4) is 0 Å². The van der Waals surface area contributed by atoms with Gasteiger partial charge >= 0.3 is 5.97 Å². The average molecular weight is 233 g/mol. The molecule has 0 unspecified atom stereocenters. The highest BCUT2D eigenvalue weighted by Crippen LogP contribution is 2.09. The summed E-state index contributed by atoms with van der Waals surface area (Å²) >= 11 is 3.21. The van der Waals surface area contributed by atoms with Gasteiger partial charge < -0.3 is 4.74 Å². The maximum absolute atomic E-state index is 11.1. The fourth-order valence-corrected chi connectivity index (χ4v) is 1.11. The molecule has 1 heterocycles. The van der Waals surface area contributed by atoms with Gasteiger partial charge in [-0.15, -0.1) is 0 Å². The number of hydrogen-bond donors (Lipinski definition) is 0. The van der Waals surface area contributed by atoms with Crippen LogP contribution < -0.4 is 0 Å². The van der Waals surface area contributed by atoms with Crippen LogP contribution >= 0.6 is 15.9 Å². The van der Waals surface area contributed by atoms with E-state index in [0.29, 0.717) is 5.69 Å². The van der Waals surface area contributed by atoms with Crippen LogP contribution in [0.4, 0.5) is 0 Å². The lowest BCUT2D eigenvalue weighted by Gasteiger charge is -1.98. The second-order valence-corrected chi connectivity index (χ2v) is 3.03. The van der Waals surface area contributed by atoms with Gasteiger partial charge in [0, 0.05) is 10.7 Å². The molecular weight excluding hydrogens is 222 g/mol. The summed E-state index contributed by atoms with van der Waals surface area (Å²) in [6, 6.07) is 3.33. The van der Waals surface area contributed by atoms with Gasteiger partial charge in [-0.05, 0) is 12.1 Å². The molecule has 0 N–H and O–H groups in total. The molecule has 0 aromatic carbocycles. The normalized spacial score (nSPS) is 14.2. The fourth-order valence-electron chi connectivity index (χ4n) is 0.729. The Morgan fingerprint density at radius 1 is 1.92 bits per heavy atom. The van der Waals surface area contributed by atoms with Crippen molar-refractivity contribution >= 4 is 21.9 Å². The largest absolute Gasteiger partial charge is 0.469 e. The first kappa shape index (κ1) is 5.70. The topological polar surface area (TPSA) is 39.2 Å². The van der Waals surface area contributed by atoms with Gasteiger partial charge in [-0.3, -0.25) is 9.78 Å². The molecule has 0 fully saturated rings. The van der Waals surface area contributed by atoms with E-state index < -0.39 is 13.0 Å². The summed E-state index contributed by atoms with van der Waals surface area (Å²) in [4.78, 5) is 15.0. The van der Waals surface area contributed by atoms with Crippen molar-refractivity contribution < 1.29 is 13.6 Å². The van der Waals surface area contributed by atoms with Crippen LogP contribution in [0, 0.1) is 0 Å². The molecule has 0 saturated heterocycles. The van der Waals surface area contributed by atoms with Crippen LogP contribution in [0.15, 0.2) is 22.8 Å². The molecule has 0 bridgehead atoms. The number of halogens is 1. The van der Waals surface area contributed by atoms with E-state index in [1.165, 1.54) is 6.20 Å². The number of ether oxygens (including phenoxy) is 1. The number of pyridine rings is 1. The van der Waals surface area contributed by atoms with Crippen molar-refractivity contribution in [3.05, 3.63) is 28.5 Å². The van der Waals surface area contributed by atoms with Crippen LogP contribution in [0.2, 0.25) is 0 Å². The molecule has 0 spiro atoms. The summed E-state index contributed by atoms with van der Waals surface area (Å²) in [6.07, 6.45) is 1.36. The van der Waals surface area contributed by atoms with E-state index in [2.05, 4.69) is 25.7 Å². The lowest BCUT2D eigenvalue weighted by molar-refractivity contribution is -0.139. The maximum Gasteiger partial charge on any atom is 0.311 e. The Morgan fingerprint density at radius 2 is 2.75 bits per heavy atom. The SMILES string of the molecule is [2H]C([2H])([2H])OC(=O)Cc1cc(Br)ccn1. The molecule has 12 heavy (non-hydrogen) atoms. The third-order valence-electron chi connectivity index (χ3n) is 1.22. The summed E-state index contributed by atoms with van der Waals surface area (Å²) in [5.41, 5.74) is 0.457. The highest BCUT2D eigenvalue weighted by molar-refractivity contribution is 9.10. The monoisotopic (exact) mass is 232 g/mol. The zero-order valence-corrected chi connectivity index (χ0v) is 7.67. The van der Waals surface area contributed by atoms with Crippen molar-refractivity contribution in [3.63, 3.8) is 0 Å². The zero-order chi connectivity index (χ0) is 11.5. The summed E-state index contributed by atoms with van der Waals surface area (Å²) < 4.78 is 25.2. The lowest BCUT2D eigenvalue weighted by Crippen LogP contribution is -2.05. The van der Waals surface area contributed by atoms with Crippen molar-refractivity contribution in [2.75, 3.05) is 7.04 Å². The van der Waals surface area contributed by atoms with E-state index >= 15 is 0 Å². The maximum atomic E-state index is 11.1. The quantitative estimate of drug-likeness (QED) is 0.727. The Kier molecular flexibility index (Phi) is 2.00. The number of esters is 1. The molecule has 64 valence electrons. The summed E-state index contributed by atoms with van der Waals surface area (Å²) in [6.45, 7) is 0. The molecule has 0 amide bonds. The molecular formula is C8H8BrNO2. The van der Waals surface area contributed by atoms with Crippen molar-refractivity contribution in [1.29, 1.82) is 0 Å². The van der Waals surface area contributed by atoms with Gasteiger partial charge in [-0.1, -0.05) is 15.9 Å². The van der Waals surface area contributed by atoms with Gasteiger partial charge in [0.1, 0.15) is 0 Å². The van der Waals surface area contributed by atoms with Crippen molar-refractivity contribution in [2.45, 2.75) is 6.42 Å². The molecule has 3 nitrogen and oxygen atoms in total. The molecule has 0 saturated carbocycles. The first-order chi connectivity index (χ1) is 6.87. The van der Waals surface area contributed by atoms with Gasteiger partial charge in [0.2, 0.25) is 0 Å². The molecule has 0 aliphatic heterocycles. The van der Waals surface area contributed by atoms with Crippen molar-refractivity contribution in [2.24, 2.45) is 0 Å². The fraction of sp³-hybridized carbons (Fsp3) is 0.250. The minimum absolute atomic E-state index is 0.155.